The quantitative estimate of drug-likeness (QED) is 0.385. The lowest BCUT2D eigenvalue weighted by Crippen LogP contribution is -2.29. The smallest absolute Gasteiger partial charge is 0.295 e. The molecular weight excluding hydrogens is 410 g/mol. The molecule has 31 heavy (non-hydrogen) atoms. The molecule has 0 aliphatic carbocycles. The first-order valence-corrected chi connectivity index (χ1v) is 10.5. The number of halogens is 1. The number of benzene rings is 3. The van der Waals surface area contributed by atoms with Crippen molar-refractivity contribution in [3.05, 3.63) is 109 Å². The van der Waals surface area contributed by atoms with Gasteiger partial charge in [-0.05, 0) is 79.4 Å². The van der Waals surface area contributed by atoms with Crippen molar-refractivity contribution in [1.29, 1.82) is 0 Å². The monoisotopic (exact) mass is 429 g/mol. The van der Waals surface area contributed by atoms with Crippen LogP contribution in [0.25, 0.3) is 11.0 Å². The fourth-order valence-electron chi connectivity index (χ4n) is 4.23. The van der Waals surface area contributed by atoms with Crippen molar-refractivity contribution in [3.63, 3.8) is 0 Å². The zero-order valence-electron chi connectivity index (χ0n) is 17.4. The molecule has 154 valence electrons. The van der Waals surface area contributed by atoms with Gasteiger partial charge < -0.3 is 4.42 Å². The molecule has 3 aromatic carbocycles. The molecule has 2 heterocycles. The summed E-state index contributed by atoms with van der Waals surface area (Å²) in [5.41, 5.74) is 5.16. The average Bonchev–Trinajstić information content (AvgIpc) is 3.03. The summed E-state index contributed by atoms with van der Waals surface area (Å²) in [7, 11) is 0. The fraction of sp³-hybridized carbons (Fsp3) is 0.154. The molecular formula is C26H20ClNO3. The number of nitrogens with zero attached hydrogens (tertiary/aromatic N) is 1. The molecule has 0 radical (unpaired) electrons. The standard InChI is InChI=1S/C26H20ClNO3/c1-14-5-4-6-19(11-14)28-23(17-7-9-18(27)10-8-17)22-24(29)20-12-15(2)16(3)13-21(20)31-25(22)26(28)30/h4-13,23H,1-3H3. The summed E-state index contributed by atoms with van der Waals surface area (Å²) in [6.45, 7) is 5.89. The number of fused-ring (bicyclic) bond motifs is 2. The van der Waals surface area contributed by atoms with Gasteiger partial charge in [0.15, 0.2) is 5.43 Å². The molecule has 5 heteroatoms. The van der Waals surface area contributed by atoms with E-state index in [1.54, 1.807) is 17.0 Å². The molecule has 5 rings (SSSR count). The third-order valence-electron chi connectivity index (χ3n) is 5.95. The van der Waals surface area contributed by atoms with Gasteiger partial charge in [-0.2, -0.15) is 0 Å². The third kappa shape index (κ3) is 3.06. The lowest BCUT2D eigenvalue weighted by Gasteiger charge is -2.25. The lowest BCUT2D eigenvalue weighted by molar-refractivity contribution is 0.0971. The van der Waals surface area contributed by atoms with E-state index in [0.29, 0.717) is 27.2 Å². The first-order valence-electron chi connectivity index (χ1n) is 10.1. The Morgan fingerprint density at radius 2 is 1.61 bits per heavy atom. The van der Waals surface area contributed by atoms with E-state index >= 15 is 0 Å². The molecule has 1 aromatic heterocycles. The number of carbonyl (C=O) groups is 1. The van der Waals surface area contributed by atoms with Crippen molar-refractivity contribution < 1.29 is 9.21 Å². The van der Waals surface area contributed by atoms with E-state index in [4.69, 9.17) is 16.0 Å². The van der Waals surface area contributed by atoms with Crippen molar-refractivity contribution in [3.8, 4) is 0 Å². The van der Waals surface area contributed by atoms with Crippen LogP contribution in [-0.4, -0.2) is 5.91 Å². The summed E-state index contributed by atoms with van der Waals surface area (Å²) in [6.07, 6.45) is 0. The van der Waals surface area contributed by atoms with Crippen LogP contribution in [-0.2, 0) is 0 Å². The Bertz CT molecular complexity index is 1420. The van der Waals surface area contributed by atoms with Crippen LogP contribution in [0.2, 0.25) is 5.02 Å². The van der Waals surface area contributed by atoms with Gasteiger partial charge in [0.25, 0.3) is 5.91 Å². The van der Waals surface area contributed by atoms with Gasteiger partial charge in [-0.3, -0.25) is 14.5 Å². The third-order valence-corrected chi connectivity index (χ3v) is 6.20. The van der Waals surface area contributed by atoms with Gasteiger partial charge in [-0.15, -0.1) is 0 Å². The van der Waals surface area contributed by atoms with E-state index in [2.05, 4.69) is 0 Å². The maximum absolute atomic E-state index is 13.7. The summed E-state index contributed by atoms with van der Waals surface area (Å²) >= 11 is 6.10. The summed E-state index contributed by atoms with van der Waals surface area (Å²) in [5, 5.41) is 1.08. The van der Waals surface area contributed by atoms with Crippen molar-refractivity contribution in [1.82, 2.24) is 0 Å². The molecule has 1 atom stereocenters. The Morgan fingerprint density at radius 1 is 0.903 bits per heavy atom. The zero-order chi connectivity index (χ0) is 21.9. The number of anilines is 1. The highest BCUT2D eigenvalue weighted by Gasteiger charge is 2.43. The maximum atomic E-state index is 13.7. The van der Waals surface area contributed by atoms with Crippen LogP contribution in [0.5, 0.6) is 0 Å². The predicted molar refractivity (Wildman–Crippen MR) is 123 cm³/mol. The minimum Gasteiger partial charge on any atom is -0.450 e. The number of hydrogen-bond donors (Lipinski definition) is 0. The summed E-state index contributed by atoms with van der Waals surface area (Å²) in [6, 6.07) is 18.0. The molecule has 0 N–H and O–H groups in total. The Labute approximate surface area is 184 Å². The number of amides is 1. The van der Waals surface area contributed by atoms with E-state index in [9.17, 15) is 9.59 Å². The zero-order valence-corrected chi connectivity index (χ0v) is 18.2. The molecule has 1 amide bonds. The van der Waals surface area contributed by atoms with E-state index in [-0.39, 0.29) is 17.1 Å². The summed E-state index contributed by atoms with van der Waals surface area (Å²) in [5.74, 6) is -0.222. The molecule has 1 unspecified atom stereocenters. The number of aryl methyl sites for hydroxylation is 3. The van der Waals surface area contributed by atoms with E-state index in [1.807, 2.05) is 69.3 Å². The topological polar surface area (TPSA) is 50.5 Å². The van der Waals surface area contributed by atoms with Crippen LogP contribution in [0, 0.1) is 20.8 Å². The van der Waals surface area contributed by atoms with E-state index < -0.39 is 6.04 Å². The van der Waals surface area contributed by atoms with Gasteiger partial charge in [0.2, 0.25) is 5.76 Å². The predicted octanol–water partition coefficient (Wildman–Crippen LogP) is 6.12. The fourth-order valence-corrected chi connectivity index (χ4v) is 4.36. The lowest BCUT2D eigenvalue weighted by atomic mass is 9.97. The van der Waals surface area contributed by atoms with Gasteiger partial charge in [0.1, 0.15) is 5.58 Å². The molecule has 0 spiro atoms. The second-order valence-corrected chi connectivity index (χ2v) is 8.51. The van der Waals surface area contributed by atoms with Gasteiger partial charge in [-0.1, -0.05) is 35.9 Å². The van der Waals surface area contributed by atoms with Gasteiger partial charge in [0, 0.05) is 10.7 Å². The SMILES string of the molecule is Cc1cccc(N2C(=O)c3oc4cc(C)c(C)cc4c(=O)c3C2c2ccc(Cl)cc2)c1. The first-order chi connectivity index (χ1) is 14.8. The second kappa shape index (κ2) is 7.10. The molecule has 0 saturated heterocycles. The van der Waals surface area contributed by atoms with Crippen LogP contribution in [0.15, 0.2) is 69.9 Å². The van der Waals surface area contributed by atoms with Crippen LogP contribution < -0.4 is 10.3 Å². The molecule has 0 fully saturated rings. The molecule has 1 aliphatic heterocycles. The number of rotatable bonds is 2. The summed E-state index contributed by atoms with van der Waals surface area (Å²) < 4.78 is 6.07. The second-order valence-electron chi connectivity index (χ2n) is 8.07. The molecule has 4 nitrogen and oxygen atoms in total. The highest BCUT2D eigenvalue weighted by Crippen LogP contribution is 2.41. The minimum atomic E-state index is -0.594. The molecule has 4 aromatic rings. The maximum Gasteiger partial charge on any atom is 0.295 e. The van der Waals surface area contributed by atoms with Gasteiger partial charge >= 0.3 is 0 Å². The molecule has 0 bridgehead atoms. The average molecular weight is 430 g/mol. The highest BCUT2D eigenvalue weighted by atomic mass is 35.5. The summed E-state index contributed by atoms with van der Waals surface area (Å²) in [4.78, 5) is 28.9. The number of carbonyl (C=O) groups excluding carboxylic acids is 1. The normalized spacial score (nSPS) is 15.5. The minimum absolute atomic E-state index is 0.0993. The van der Waals surface area contributed by atoms with Crippen LogP contribution in [0.1, 0.15) is 44.4 Å². The van der Waals surface area contributed by atoms with Crippen LogP contribution in [0.3, 0.4) is 0 Å². The Morgan fingerprint density at radius 3 is 2.32 bits per heavy atom. The van der Waals surface area contributed by atoms with Gasteiger partial charge in [0.05, 0.1) is 17.0 Å². The molecule has 0 saturated carbocycles. The Kier molecular flexibility index (Phi) is 4.49. The van der Waals surface area contributed by atoms with Crippen molar-refractivity contribution in [2.24, 2.45) is 0 Å². The van der Waals surface area contributed by atoms with Crippen molar-refractivity contribution >= 4 is 34.2 Å². The first kappa shape index (κ1) is 19.6. The Balaban J connectivity index is 1.83. The van der Waals surface area contributed by atoms with E-state index in [1.165, 1.54) is 0 Å². The Hall–Kier alpha value is -3.37. The highest BCUT2D eigenvalue weighted by molar-refractivity contribution is 6.30. The van der Waals surface area contributed by atoms with E-state index in [0.717, 1.165) is 22.3 Å². The van der Waals surface area contributed by atoms with Crippen LogP contribution >= 0.6 is 11.6 Å². The number of hydrogen-bond acceptors (Lipinski definition) is 3. The van der Waals surface area contributed by atoms with Gasteiger partial charge in [-0.25, -0.2) is 0 Å². The molecule has 1 aliphatic rings. The largest absolute Gasteiger partial charge is 0.450 e. The van der Waals surface area contributed by atoms with Crippen molar-refractivity contribution in [2.75, 3.05) is 4.90 Å². The van der Waals surface area contributed by atoms with Crippen LogP contribution in [0.4, 0.5) is 5.69 Å². The van der Waals surface area contributed by atoms with Crippen molar-refractivity contribution in [2.45, 2.75) is 26.8 Å².